The van der Waals surface area contributed by atoms with Gasteiger partial charge in [-0.25, -0.2) is 9.29 Å². The van der Waals surface area contributed by atoms with Gasteiger partial charge in [0.1, 0.15) is 28.8 Å². The highest BCUT2D eigenvalue weighted by atomic mass is 35.5. The second kappa shape index (κ2) is 14.5. The van der Waals surface area contributed by atoms with Gasteiger partial charge in [-0.05, 0) is 97.1 Å². The van der Waals surface area contributed by atoms with E-state index >= 15 is 0 Å². The van der Waals surface area contributed by atoms with Gasteiger partial charge in [0.25, 0.3) is 11.8 Å². The Labute approximate surface area is 344 Å². The van der Waals surface area contributed by atoms with Gasteiger partial charge >= 0.3 is 6.36 Å². The standard InChI is InChI=1S/C43H32Cl2F4N2O8/c1-57-27-14-18-34(58-2)23(19-27)6-3-22-4-9-25(10-5-22)50-37(53)30-16-15-29-32(35(30)38(50)54)21-41(44)39(55)51(26-11-7-24(46)8-12-26)40(56)42(41,45)36(29)31-20-28(13-17-33(31)52)59-43(47,48)49/h3-15,17-20,30,32,35-36,52H,16,21H2,1-2H3/t30-,32+,35-,36+,41+,42-/m0/s1. The van der Waals surface area contributed by atoms with E-state index in [1.807, 2.05) is 12.2 Å². The number of carbonyl (C=O) groups excluding carboxylic acids is 4. The molecule has 16 heteroatoms. The highest BCUT2D eigenvalue weighted by molar-refractivity contribution is 6.58. The van der Waals surface area contributed by atoms with Gasteiger partial charge in [0.05, 0.1) is 37.4 Å². The number of methoxy groups -OCH3 is 2. The molecular formula is C43H32Cl2F4N2O8. The summed E-state index contributed by atoms with van der Waals surface area (Å²) in [6.45, 7) is 0. The molecule has 6 atom stereocenters. The number of ether oxygens (including phenoxy) is 3. The number of benzene rings is 4. The number of aromatic hydroxyl groups is 1. The lowest BCUT2D eigenvalue weighted by molar-refractivity contribution is -0.274. The van der Waals surface area contributed by atoms with Gasteiger partial charge in [0, 0.05) is 17.0 Å². The monoisotopic (exact) mass is 850 g/mol. The van der Waals surface area contributed by atoms with Crippen LogP contribution in [0.5, 0.6) is 23.0 Å². The highest BCUT2D eigenvalue weighted by Crippen LogP contribution is 2.66. The average Bonchev–Trinajstić information content (AvgIpc) is 3.55. The Morgan fingerprint density at radius 1 is 0.780 bits per heavy atom. The molecule has 2 aliphatic heterocycles. The Hall–Kier alpha value is -5.86. The van der Waals surface area contributed by atoms with Gasteiger partial charge in [-0.1, -0.05) is 35.9 Å². The van der Waals surface area contributed by atoms with Crippen molar-refractivity contribution in [2.24, 2.45) is 17.8 Å². The number of phenolic OH excluding ortho intramolecular Hbond substituents is 1. The Morgan fingerprint density at radius 3 is 2.10 bits per heavy atom. The van der Waals surface area contributed by atoms with Crippen molar-refractivity contribution in [3.05, 3.63) is 119 Å². The van der Waals surface area contributed by atoms with E-state index in [4.69, 9.17) is 32.7 Å². The predicted octanol–water partition coefficient (Wildman–Crippen LogP) is 8.39. The Kier molecular flexibility index (Phi) is 9.78. The van der Waals surface area contributed by atoms with Crippen LogP contribution in [0.4, 0.5) is 28.9 Å². The third-order valence-corrected chi connectivity index (χ3v) is 12.9. The van der Waals surface area contributed by atoms with E-state index < -0.39 is 87.1 Å². The molecule has 1 saturated carbocycles. The van der Waals surface area contributed by atoms with Crippen LogP contribution in [0.25, 0.3) is 12.2 Å². The minimum Gasteiger partial charge on any atom is -0.508 e. The van der Waals surface area contributed by atoms with Crippen molar-refractivity contribution in [3.63, 3.8) is 0 Å². The van der Waals surface area contributed by atoms with Crippen LogP contribution in [0.15, 0.2) is 96.6 Å². The minimum absolute atomic E-state index is 0.0527. The van der Waals surface area contributed by atoms with Gasteiger partial charge in [0.2, 0.25) is 11.8 Å². The fourth-order valence-electron chi connectivity index (χ4n) is 8.85. The van der Waals surface area contributed by atoms with Crippen molar-refractivity contribution in [1.29, 1.82) is 0 Å². The van der Waals surface area contributed by atoms with Gasteiger partial charge in [-0.3, -0.25) is 24.1 Å². The predicted molar refractivity (Wildman–Crippen MR) is 209 cm³/mol. The molecule has 304 valence electrons. The van der Waals surface area contributed by atoms with Crippen molar-refractivity contribution >= 4 is 70.4 Å². The number of hydrogen-bond acceptors (Lipinski definition) is 8. The van der Waals surface area contributed by atoms with Crippen LogP contribution in [0.2, 0.25) is 0 Å². The number of halogens is 6. The maximum absolute atomic E-state index is 14.6. The number of anilines is 2. The summed E-state index contributed by atoms with van der Waals surface area (Å²) in [4.78, 5) is 54.6. The molecule has 2 aliphatic carbocycles. The van der Waals surface area contributed by atoms with Crippen LogP contribution in [0.3, 0.4) is 0 Å². The van der Waals surface area contributed by atoms with Crippen LogP contribution in [0.1, 0.15) is 35.4 Å². The number of amides is 4. The maximum atomic E-state index is 14.6. The molecule has 3 fully saturated rings. The number of fused-ring (bicyclic) bond motifs is 4. The van der Waals surface area contributed by atoms with E-state index in [1.54, 1.807) is 62.8 Å². The van der Waals surface area contributed by atoms with E-state index in [9.17, 15) is 41.8 Å². The zero-order valence-corrected chi connectivity index (χ0v) is 32.5. The van der Waals surface area contributed by atoms with E-state index in [1.165, 1.54) is 0 Å². The lowest BCUT2D eigenvalue weighted by atomic mass is 9.56. The number of alkyl halides is 5. The fourth-order valence-corrected chi connectivity index (χ4v) is 9.78. The van der Waals surface area contributed by atoms with Gasteiger partial charge in [0.15, 0.2) is 9.75 Å². The zero-order chi connectivity index (χ0) is 42.2. The molecule has 4 aromatic carbocycles. The smallest absolute Gasteiger partial charge is 0.508 e. The molecule has 10 nitrogen and oxygen atoms in total. The van der Waals surface area contributed by atoms with Crippen molar-refractivity contribution in [2.75, 3.05) is 24.0 Å². The van der Waals surface area contributed by atoms with E-state index in [0.29, 0.717) is 16.4 Å². The molecule has 0 bridgehead atoms. The summed E-state index contributed by atoms with van der Waals surface area (Å²) < 4.78 is 69.2. The quantitative estimate of drug-likeness (QED) is 0.0617. The maximum Gasteiger partial charge on any atom is 0.573 e. The van der Waals surface area contributed by atoms with Gasteiger partial charge in [-0.15, -0.1) is 36.4 Å². The third-order valence-electron chi connectivity index (χ3n) is 11.5. The first-order valence-corrected chi connectivity index (χ1v) is 18.9. The molecule has 2 saturated heterocycles. The van der Waals surface area contributed by atoms with E-state index in [-0.39, 0.29) is 28.9 Å². The number of allylic oxidation sites excluding steroid dienone is 2. The van der Waals surface area contributed by atoms with Crippen LogP contribution < -0.4 is 24.0 Å². The fraction of sp³-hybridized carbons (Fsp3) is 0.256. The SMILES string of the molecule is COc1ccc(OC)c(C=Cc2ccc(N3C(=O)[C@H]4[C@H](CC=C5[C@H]4C[C@@]4(Cl)C(=O)N(c6ccc(F)cc6)C(=O)[C@@]4(Cl)[C@H]5c4cc(OC(F)(F)F)ccc4O)C3=O)cc2)c1. The van der Waals surface area contributed by atoms with Crippen LogP contribution >= 0.6 is 23.2 Å². The Morgan fingerprint density at radius 2 is 1.44 bits per heavy atom. The van der Waals surface area contributed by atoms with Gasteiger partial charge < -0.3 is 19.3 Å². The lowest BCUT2D eigenvalue weighted by Gasteiger charge is -2.50. The number of imide groups is 2. The molecule has 1 N–H and O–H groups in total. The minimum atomic E-state index is -5.15. The molecular weight excluding hydrogens is 819 g/mol. The summed E-state index contributed by atoms with van der Waals surface area (Å²) in [5.74, 6) is -8.90. The largest absolute Gasteiger partial charge is 0.573 e. The number of nitrogens with zero attached hydrogens (tertiary/aromatic N) is 2. The molecule has 4 aliphatic rings. The summed E-state index contributed by atoms with van der Waals surface area (Å²) in [5.41, 5.74) is 1.51. The van der Waals surface area contributed by atoms with Crippen molar-refractivity contribution in [3.8, 4) is 23.0 Å². The molecule has 0 radical (unpaired) electrons. The number of phenols is 1. The molecule has 4 aromatic rings. The van der Waals surface area contributed by atoms with Gasteiger partial charge in [-0.2, -0.15) is 0 Å². The average molecular weight is 852 g/mol. The van der Waals surface area contributed by atoms with Crippen molar-refractivity contribution in [2.45, 2.75) is 34.9 Å². The van der Waals surface area contributed by atoms with E-state index in [2.05, 4.69) is 4.74 Å². The molecule has 4 amide bonds. The first kappa shape index (κ1) is 39.9. The summed E-state index contributed by atoms with van der Waals surface area (Å²) >= 11 is 14.6. The number of rotatable bonds is 8. The topological polar surface area (TPSA) is 123 Å². The summed E-state index contributed by atoms with van der Waals surface area (Å²) in [6.07, 6.45) is -0.452. The van der Waals surface area contributed by atoms with E-state index in [0.717, 1.165) is 58.5 Å². The van der Waals surface area contributed by atoms with Crippen LogP contribution in [0, 0.1) is 23.6 Å². The third kappa shape index (κ3) is 6.40. The Bertz CT molecular complexity index is 2480. The molecule has 2 heterocycles. The molecule has 8 rings (SSSR count). The lowest BCUT2D eigenvalue weighted by Crippen LogP contribution is -2.60. The Balaban J connectivity index is 1.18. The second-order valence-electron chi connectivity index (χ2n) is 14.6. The molecule has 0 unspecified atom stereocenters. The summed E-state index contributed by atoms with van der Waals surface area (Å²) in [5, 5.41) is 11.2. The molecule has 59 heavy (non-hydrogen) atoms. The van der Waals surface area contributed by atoms with Crippen LogP contribution in [-0.4, -0.2) is 59.1 Å². The second-order valence-corrected chi connectivity index (χ2v) is 15.8. The van der Waals surface area contributed by atoms with Crippen LogP contribution in [-0.2, 0) is 19.2 Å². The van der Waals surface area contributed by atoms with Crippen molar-refractivity contribution in [1.82, 2.24) is 0 Å². The highest BCUT2D eigenvalue weighted by Gasteiger charge is 2.77. The first-order chi connectivity index (χ1) is 28.0. The molecule has 0 aromatic heterocycles. The summed E-state index contributed by atoms with van der Waals surface area (Å²) in [6, 6.07) is 18.9. The number of hydrogen-bond donors (Lipinski definition) is 1. The number of carbonyl (C=O) groups is 4. The molecule has 0 spiro atoms. The van der Waals surface area contributed by atoms with Crippen molar-refractivity contribution < 1.29 is 56.1 Å². The summed E-state index contributed by atoms with van der Waals surface area (Å²) in [7, 11) is 3.09. The zero-order valence-electron chi connectivity index (χ0n) is 31.0. The first-order valence-electron chi connectivity index (χ1n) is 18.2. The normalized spacial score (nSPS) is 26.5.